The number of hydrogen-bond donors (Lipinski definition) is 1. The number of amides is 2. The third-order valence-electron chi connectivity index (χ3n) is 4.62. The summed E-state index contributed by atoms with van der Waals surface area (Å²) >= 11 is 0. The maximum absolute atomic E-state index is 12.6. The van der Waals surface area contributed by atoms with Crippen LogP contribution in [0.5, 0.6) is 5.75 Å². The number of rotatable bonds is 4. The average molecular weight is 372 g/mol. The lowest BCUT2D eigenvalue weighted by Crippen LogP contribution is -2.44. The van der Waals surface area contributed by atoms with E-state index in [0.29, 0.717) is 24.4 Å². The van der Waals surface area contributed by atoms with Crippen molar-refractivity contribution in [2.45, 2.75) is 25.3 Å². The van der Waals surface area contributed by atoms with Crippen molar-refractivity contribution in [1.29, 1.82) is 0 Å². The number of para-hydroxylation sites is 2. The van der Waals surface area contributed by atoms with Gasteiger partial charge in [0.05, 0.1) is 26.0 Å². The smallest absolute Gasteiger partial charge is 0.409 e. The van der Waals surface area contributed by atoms with Crippen molar-refractivity contribution < 1.29 is 19.1 Å². The van der Waals surface area contributed by atoms with Crippen molar-refractivity contribution in [1.82, 2.24) is 20.0 Å². The summed E-state index contributed by atoms with van der Waals surface area (Å²) in [5, 5.41) is 7.28. The zero-order valence-corrected chi connectivity index (χ0v) is 15.6. The van der Waals surface area contributed by atoms with E-state index in [4.69, 9.17) is 9.47 Å². The topological polar surface area (TPSA) is 85.7 Å². The van der Waals surface area contributed by atoms with E-state index in [1.54, 1.807) is 22.9 Å². The maximum atomic E-state index is 12.6. The summed E-state index contributed by atoms with van der Waals surface area (Å²) in [6, 6.07) is 7.34. The molecule has 0 radical (unpaired) electrons. The monoisotopic (exact) mass is 372 g/mol. The van der Waals surface area contributed by atoms with Gasteiger partial charge < -0.3 is 19.7 Å². The van der Waals surface area contributed by atoms with Crippen LogP contribution in [0.1, 0.15) is 29.6 Å². The van der Waals surface area contributed by atoms with Crippen molar-refractivity contribution in [2.75, 3.05) is 27.3 Å². The second-order valence-corrected chi connectivity index (χ2v) is 6.43. The second-order valence-electron chi connectivity index (χ2n) is 6.43. The third-order valence-corrected chi connectivity index (χ3v) is 4.62. The molecule has 0 saturated carbocycles. The Balaban J connectivity index is 1.69. The number of benzene rings is 1. The second kappa shape index (κ2) is 8.57. The summed E-state index contributed by atoms with van der Waals surface area (Å²) in [5.41, 5.74) is 1.21. The molecule has 1 N–H and O–H groups in total. The lowest BCUT2D eigenvalue weighted by molar-refractivity contribution is 0.0913. The quantitative estimate of drug-likeness (QED) is 0.890. The normalized spacial score (nSPS) is 17.1. The zero-order chi connectivity index (χ0) is 19.2. The summed E-state index contributed by atoms with van der Waals surface area (Å²) < 4.78 is 11.8. The molecule has 0 aliphatic carbocycles. The van der Waals surface area contributed by atoms with Crippen molar-refractivity contribution in [3.8, 4) is 11.4 Å². The molecule has 0 spiro atoms. The van der Waals surface area contributed by atoms with Gasteiger partial charge in [-0.1, -0.05) is 12.1 Å². The van der Waals surface area contributed by atoms with Crippen LogP contribution < -0.4 is 10.1 Å². The highest BCUT2D eigenvalue weighted by Crippen LogP contribution is 2.21. The van der Waals surface area contributed by atoms with Crippen molar-refractivity contribution in [3.05, 3.63) is 42.2 Å². The van der Waals surface area contributed by atoms with E-state index >= 15 is 0 Å². The molecule has 27 heavy (non-hydrogen) atoms. The standard InChI is InChI=1S/C19H24N4O4/c1-26-17-9-4-3-8-16(17)23-12-14(11-20-23)18(24)21-15-7-5-6-10-22(13-15)19(25)27-2/h3-4,8-9,11-12,15H,5-7,10,13H2,1-2H3,(H,21,24)/t15-/m0/s1. The predicted octanol–water partition coefficient (Wildman–Crippen LogP) is 2.23. The van der Waals surface area contributed by atoms with Gasteiger partial charge in [0.15, 0.2) is 0 Å². The van der Waals surface area contributed by atoms with Crippen molar-refractivity contribution in [3.63, 3.8) is 0 Å². The van der Waals surface area contributed by atoms with E-state index in [0.717, 1.165) is 24.9 Å². The van der Waals surface area contributed by atoms with Crippen LogP contribution in [0.4, 0.5) is 4.79 Å². The first-order valence-electron chi connectivity index (χ1n) is 8.94. The number of nitrogens with zero attached hydrogens (tertiary/aromatic N) is 3. The van der Waals surface area contributed by atoms with Gasteiger partial charge in [-0.05, 0) is 31.4 Å². The van der Waals surface area contributed by atoms with Crippen LogP contribution in [0.3, 0.4) is 0 Å². The minimum Gasteiger partial charge on any atom is -0.494 e. The summed E-state index contributed by atoms with van der Waals surface area (Å²) in [4.78, 5) is 26.1. The molecule has 0 bridgehead atoms. The zero-order valence-electron chi connectivity index (χ0n) is 15.6. The van der Waals surface area contributed by atoms with Crippen LogP contribution in [0, 0.1) is 0 Å². The molecular weight excluding hydrogens is 348 g/mol. The highest BCUT2D eigenvalue weighted by Gasteiger charge is 2.24. The molecule has 3 rings (SSSR count). The Bertz CT molecular complexity index is 805. The Morgan fingerprint density at radius 3 is 2.81 bits per heavy atom. The fourth-order valence-electron chi connectivity index (χ4n) is 3.21. The molecule has 1 fully saturated rings. The lowest BCUT2D eigenvalue weighted by Gasteiger charge is -2.23. The van der Waals surface area contributed by atoms with Crippen molar-refractivity contribution in [2.24, 2.45) is 0 Å². The molecule has 1 aromatic carbocycles. The van der Waals surface area contributed by atoms with E-state index in [1.807, 2.05) is 24.3 Å². The van der Waals surface area contributed by atoms with Gasteiger partial charge in [-0.3, -0.25) is 4.79 Å². The molecule has 1 aliphatic heterocycles. The van der Waals surface area contributed by atoms with Gasteiger partial charge in [0.2, 0.25) is 0 Å². The molecule has 1 aliphatic rings. The molecule has 2 amide bonds. The van der Waals surface area contributed by atoms with Crippen LogP contribution in [-0.2, 0) is 4.74 Å². The molecule has 2 aromatic rings. The molecule has 8 heteroatoms. The Morgan fingerprint density at radius 2 is 2.04 bits per heavy atom. The Hall–Kier alpha value is -3.03. The summed E-state index contributed by atoms with van der Waals surface area (Å²) in [5.74, 6) is 0.456. The summed E-state index contributed by atoms with van der Waals surface area (Å²) in [6.07, 6.45) is 5.49. The Labute approximate surface area is 158 Å². The third kappa shape index (κ3) is 4.39. The number of carbonyl (C=O) groups is 2. The number of hydrogen-bond acceptors (Lipinski definition) is 5. The van der Waals surface area contributed by atoms with E-state index in [-0.39, 0.29) is 18.0 Å². The minimum absolute atomic E-state index is 0.117. The molecule has 1 atom stereocenters. The van der Waals surface area contributed by atoms with Crippen LogP contribution in [0.15, 0.2) is 36.7 Å². The van der Waals surface area contributed by atoms with Crippen LogP contribution in [0.2, 0.25) is 0 Å². The van der Waals surface area contributed by atoms with Crippen LogP contribution in [-0.4, -0.2) is 60.0 Å². The first-order chi connectivity index (χ1) is 13.1. The first-order valence-corrected chi connectivity index (χ1v) is 8.94. The fraction of sp³-hybridized carbons (Fsp3) is 0.421. The number of methoxy groups -OCH3 is 2. The first kappa shape index (κ1) is 18.8. The fourth-order valence-corrected chi connectivity index (χ4v) is 3.21. The van der Waals surface area contributed by atoms with Gasteiger partial charge >= 0.3 is 6.09 Å². The summed E-state index contributed by atoms with van der Waals surface area (Å²) in [7, 11) is 2.96. The minimum atomic E-state index is -0.361. The number of aromatic nitrogens is 2. The molecule has 1 aromatic heterocycles. The van der Waals surface area contributed by atoms with E-state index in [2.05, 4.69) is 10.4 Å². The van der Waals surface area contributed by atoms with Crippen LogP contribution in [0.25, 0.3) is 5.69 Å². The van der Waals surface area contributed by atoms with Crippen LogP contribution >= 0.6 is 0 Å². The highest BCUT2D eigenvalue weighted by molar-refractivity contribution is 5.94. The van der Waals surface area contributed by atoms with E-state index in [1.165, 1.54) is 13.3 Å². The lowest BCUT2D eigenvalue weighted by atomic mass is 10.1. The Kier molecular flexibility index (Phi) is 5.95. The number of nitrogens with one attached hydrogen (secondary N) is 1. The maximum Gasteiger partial charge on any atom is 0.409 e. The largest absolute Gasteiger partial charge is 0.494 e. The number of ether oxygens (including phenoxy) is 2. The average Bonchev–Trinajstić information content (AvgIpc) is 3.08. The van der Waals surface area contributed by atoms with E-state index < -0.39 is 0 Å². The van der Waals surface area contributed by atoms with Gasteiger partial charge in [0, 0.05) is 25.3 Å². The van der Waals surface area contributed by atoms with Gasteiger partial charge in [-0.25, -0.2) is 9.48 Å². The predicted molar refractivity (Wildman–Crippen MR) is 99.2 cm³/mol. The molecule has 144 valence electrons. The Morgan fingerprint density at radius 1 is 1.22 bits per heavy atom. The number of likely N-dealkylation sites (tertiary alicyclic amines) is 1. The highest BCUT2D eigenvalue weighted by atomic mass is 16.5. The number of carbonyl (C=O) groups excluding carboxylic acids is 2. The molecule has 1 saturated heterocycles. The van der Waals surface area contributed by atoms with Gasteiger partial charge in [0.1, 0.15) is 11.4 Å². The van der Waals surface area contributed by atoms with Gasteiger partial charge in [-0.15, -0.1) is 0 Å². The SMILES string of the molecule is COC(=O)N1CCCC[C@H](NC(=O)c2cnn(-c3ccccc3OC)c2)C1. The van der Waals surface area contributed by atoms with Gasteiger partial charge in [0.25, 0.3) is 5.91 Å². The molecular formula is C19H24N4O4. The van der Waals surface area contributed by atoms with Crippen molar-refractivity contribution >= 4 is 12.0 Å². The van der Waals surface area contributed by atoms with E-state index in [9.17, 15) is 9.59 Å². The molecule has 2 heterocycles. The molecule has 0 unspecified atom stereocenters. The van der Waals surface area contributed by atoms with Gasteiger partial charge in [-0.2, -0.15) is 5.10 Å². The molecule has 8 nitrogen and oxygen atoms in total. The summed E-state index contributed by atoms with van der Waals surface area (Å²) in [6.45, 7) is 1.09.